The number of anilines is 1. The number of aromatic nitrogens is 1. The van der Waals surface area contributed by atoms with Crippen LogP contribution in [-0.2, 0) is 22.4 Å². The van der Waals surface area contributed by atoms with Crippen molar-refractivity contribution in [2.24, 2.45) is 0 Å². The number of rotatable bonds is 3. The van der Waals surface area contributed by atoms with Gasteiger partial charge in [-0.1, -0.05) is 24.3 Å². The lowest BCUT2D eigenvalue weighted by Gasteiger charge is -2.34. The molecule has 0 unspecified atom stereocenters. The quantitative estimate of drug-likeness (QED) is 0.565. The molecule has 0 radical (unpaired) electrons. The molecular formula is C30H35N3O4. The van der Waals surface area contributed by atoms with Gasteiger partial charge >= 0.3 is 0 Å². The van der Waals surface area contributed by atoms with E-state index in [2.05, 4.69) is 39.5 Å². The molecule has 194 valence electrons. The second-order valence-corrected chi connectivity index (χ2v) is 9.74. The summed E-state index contributed by atoms with van der Waals surface area (Å²) >= 11 is 0. The highest BCUT2D eigenvalue weighted by Crippen LogP contribution is 2.26. The van der Waals surface area contributed by atoms with E-state index in [1.807, 2.05) is 31.2 Å². The number of hydrogen-bond donors (Lipinski definition) is 1. The minimum atomic E-state index is -0.164. The van der Waals surface area contributed by atoms with E-state index in [1.54, 1.807) is 12.4 Å². The Hall–Kier alpha value is -3.26. The number of ether oxygens (including phenoxy) is 3. The van der Waals surface area contributed by atoms with Gasteiger partial charge < -0.3 is 19.5 Å². The Balaban J connectivity index is 1.39. The first kappa shape index (κ1) is 25.4. The number of amides is 1. The van der Waals surface area contributed by atoms with Crippen LogP contribution >= 0.6 is 0 Å². The molecule has 2 bridgehead atoms. The molecule has 0 spiro atoms. The summed E-state index contributed by atoms with van der Waals surface area (Å²) in [5, 5.41) is 2.98. The van der Waals surface area contributed by atoms with Gasteiger partial charge in [-0.25, -0.2) is 0 Å². The van der Waals surface area contributed by atoms with Gasteiger partial charge in [0.15, 0.2) is 0 Å². The number of nitrogens with zero attached hydrogens (tertiary/aromatic N) is 2. The molecule has 1 aromatic heterocycles. The molecule has 1 N–H and O–H groups in total. The first-order valence-corrected chi connectivity index (χ1v) is 13.1. The monoisotopic (exact) mass is 501 g/mol. The van der Waals surface area contributed by atoms with E-state index in [1.165, 1.54) is 11.1 Å². The van der Waals surface area contributed by atoms with Gasteiger partial charge in [-0.2, -0.15) is 0 Å². The highest BCUT2D eigenvalue weighted by atomic mass is 16.5. The number of hydrogen-bond acceptors (Lipinski definition) is 6. The molecule has 1 saturated heterocycles. The molecule has 3 aromatic rings. The number of benzene rings is 2. The van der Waals surface area contributed by atoms with Crippen LogP contribution < -0.4 is 10.1 Å². The van der Waals surface area contributed by atoms with E-state index in [0.29, 0.717) is 43.5 Å². The smallest absolute Gasteiger partial charge is 0.255 e. The van der Waals surface area contributed by atoms with Crippen LogP contribution in [0, 0.1) is 6.92 Å². The van der Waals surface area contributed by atoms with Gasteiger partial charge in [0, 0.05) is 50.5 Å². The Bertz CT molecular complexity index is 1210. The van der Waals surface area contributed by atoms with Crippen molar-refractivity contribution >= 4 is 11.6 Å². The summed E-state index contributed by atoms with van der Waals surface area (Å²) in [6.45, 7) is 7.02. The molecule has 0 aliphatic carbocycles. The average Bonchev–Trinajstić information content (AvgIpc) is 2.92. The van der Waals surface area contributed by atoms with Crippen LogP contribution in [-0.4, -0.2) is 61.4 Å². The van der Waals surface area contributed by atoms with E-state index in [4.69, 9.17) is 14.2 Å². The summed E-state index contributed by atoms with van der Waals surface area (Å²) in [4.78, 5) is 19.7. The summed E-state index contributed by atoms with van der Waals surface area (Å²) in [6.07, 6.45) is 6.17. The zero-order chi connectivity index (χ0) is 25.5. The molecule has 2 aliphatic rings. The van der Waals surface area contributed by atoms with Crippen molar-refractivity contribution in [1.29, 1.82) is 0 Å². The fourth-order valence-corrected chi connectivity index (χ4v) is 5.02. The summed E-state index contributed by atoms with van der Waals surface area (Å²) in [5.74, 6) is 0.617. The van der Waals surface area contributed by atoms with E-state index < -0.39 is 0 Å². The third-order valence-electron chi connectivity index (χ3n) is 7.10. The zero-order valence-electron chi connectivity index (χ0n) is 21.4. The normalized spacial score (nSPS) is 17.8. The fourth-order valence-electron chi connectivity index (χ4n) is 5.02. The molecule has 1 amide bonds. The van der Waals surface area contributed by atoms with Crippen molar-refractivity contribution in [1.82, 2.24) is 9.88 Å². The lowest BCUT2D eigenvalue weighted by atomic mass is 9.99. The third-order valence-corrected chi connectivity index (χ3v) is 7.10. The van der Waals surface area contributed by atoms with Crippen molar-refractivity contribution in [3.8, 4) is 5.75 Å². The van der Waals surface area contributed by atoms with Crippen LogP contribution in [0.3, 0.4) is 0 Å². The van der Waals surface area contributed by atoms with E-state index >= 15 is 0 Å². The van der Waals surface area contributed by atoms with Gasteiger partial charge in [-0.3, -0.25) is 14.7 Å². The summed E-state index contributed by atoms with van der Waals surface area (Å²) in [6, 6.07) is 16.8. The molecule has 2 aliphatic heterocycles. The van der Waals surface area contributed by atoms with Crippen molar-refractivity contribution in [2.75, 3.05) is 44.9 Å². The maximum absolute atomic E-state index is 13.1. The van der Waals surface area contributed by atoms with Crippen molar-refractivity contribution in [2.45, 2.75) is 38.8 Å². The number of fused-ring (bicyclic) bond motifs is 3. The lowest BCUT2D eigenvalue weighted by Crippen LogP contribution is -2.41. The molecule has 37 heavy (non-hydrogen) atoms. The Kier molecular flexibility index (Phi) is 8.46. The zero-order valence-corrected chi connectivity index (χ0v) is 21.4. The summed E-state index contributed by atoms with van der Waals surface area (Å²) in [7, 11) is 0. The maximum atomic E-state index is 13.1. The van der Waals surface area contributed by atoms with Gasteiger partial charge in [0.05, 0.1) is 25.1 Å². The first-order chi connectivity index (χ1) is 18.2. The third kappa shape index (κ3) is 6.74. The number of carbonyl (C=O) groups is 1. The fraction of sp³-hybridized carbons (Fsp3) is 0.400. The Morgan fingerprint density at radius 1 is 0.973 bits per heavy atom. The summed E-state index contributed by atoms with van der Waals surface area (Å²) in [5.41, 5.74) is 5.72. The number of nitrogens with one attached hydrogen (secondary N) is 1. The highest BCUT2D eigenvalue weighted by Gasteiger charge is 2.22. The molecule has 0 saturated carbocycles. The van der Waals surface area contributed by atoms with Crippen LogP contribution in [0.25, 0.3) is 0 Å². The topological polar surface area (TPSA) is 72.9 Å². The summed E-state index contributed by atoms with van der Waals surface area (Å²) < 4.78 is 17.7. The molecule has 3 heterocycles. The second-order valence-electron chi connectivity index (χ2n) is 9.74. The minimum absolute atomic E-state index is 0.164. The van der Waals surface area contributed by atoms with Crippen LogP contribution in [0.4, 0.5) is 5.69 Å². The Morgan fingerprint density at radius 3 is 2.68 bits per heavy atom. The average molecular weight is 502 g/mol. The lowest BCUT2D eigenvalue weighted by molar-refractivity contribution is 0.0133. The largest absolute Gasteiger partial charge is 0.491 e. The van der Waals surface area contributed by atoms with Gasteiger partial charge in [0.2, 0.25) is 0 Å². The number of carbonyl (C=O) groups excluding carboxylic acids is 1. The molecule has 2 aromatic carbocycles. The molecule has 7 nitrogen and oxygen atoms in total. The van der Waals surface area contributed by atoms with Crippen molar-refractivity contribution < 1.29 is 19.0 Å². The predicted octanol–water partition coefficient (Wildman–Crippen LogP) is 4.62. The van der Waals surface area contributed by atoms with E-state index in [0.717, 1.165) is 56.0 Å². The predicted molar refractivity (Wildman–Crippen MR) is 143 cm³/mol. The standard InChI is InChI=1S/C30H35N3O4/c1-22-7-10-31-20-28(22)32-30(34)25-5-6-29-26(19-25)18-23-3-2-4-24(17-23)21-33(11-14-36-15-16-37-29)27-8-12-35-13-9-27/h2-7,10,17,19-20,27H,8-9,11-16,18,21H2,1H3,(H,32,34). The van der Waals surface area contributed by atoms with Crippen LogP contribution in [0.5, 0.6) is 5.75 Å². The molecule has 5 rings (SSSR count). The molecule has 7 heteroatoms. The van der Waals surface area contributed by atoms with Crippen molar-refractivity contribution in [3.63, 3.8) is 0 Å². The number of aryl methyl sites for hydroxylation is 1. The van der Waals surface area contributed by atoms with E-state index in [-0.39, 0.29) is 5.91 Å². The first-order valence-electron chi connectivity index (χ1n) is 13.1. The molecule has 0 atom stereocenters. The minimum Gasteiger partial charge on any atom is -0.491 e. The van der Waals surface area contributed by atoms with E-state index in [9.17, 15) is 4.79 Å². The molecular weight excluding hydrogens is 466 g/mol. The highest BCUT2D eigenvalue weighted by molar-refractivity contribution is 6.04. The second kappa shape index (κ2) is 12.3. The SMILES string of the molecule is Cc1ccncc1NC(=O)c1ccc2c(c1)Cc1cccc(c1)CN(C1CCOCC1)CCOCCO2. The van der Waals surface area contributed by atoms with Crippen LogP contribution in [0.15, 0.2) is 60.9 Å². The van der Waals surface area contributed by atoms with Crippen molar-refractivity contribution in [3.05, 3.63) is 88.7 Å². The van der Waals surface area contributed by atoms with Crippen LogP contribution in [0.1, 0.15) is 45.5 Å². The van der Waals surface area contributed by atoms with Gasteiger partial charge in [0.1, 0.15) is 12.4 Å². The van der Waals surface area contributed by atoms with Crippen LogP contribution in [0.2, 0.25) is 0 Å². The Labute approximate surface area is 218 Å². The number of pyridine rings is 1. The van der Waals surface area contributed by atoms with Gasteiger partial charge in [-0.15, -0.1) is 0 Å². The maximum Gasteiger partial charge on any atom is 0.255 e. The van der Waals surface area contributed by atoms with Gasteiger partial charge in [-0.05, 0) is 66.3 Å². The molecule has 1 fully saturated rings. The van der Waals surface area contributed by atoms with Gasteiger partial charge in [0.25, 0.3) is 5.91 Å². The Morgan fingerprint density at radius 2 is 1.81 bits per heavy atom.